The van der Waals surface area contributed by atoms with Gasteiger partial charge in [-0.05, 0) is 43.9 Å². The lowest BCUT2D eigenvalue weighted by atomic mass is 10.1. The lowest BCUT2D eigenvalue weighted by molar-refractivity contribution is 0.577. The fraction of sp³-hybridized carbons (Fsp3) is 0.250. The highest BCUT2D eigenvalue weighted by molar-refractivity contribution is 5.58. The van der Waals surface area contributed by atoms with Gasteiger partial charge in [0, 0.05) is 12.1 Å². The number of furan rings is 1. The van der Waals surface area contributed by atoms with Crippen LogP contribution in [0.15, 0.2) is 47.1 Å². The van der Waals surface area contributed by atoms with E-state index in [1.807, 2.05) is 16.6 Å². The van der Waals surface area contributed by atoms with E-state index in [1.54, 1.807) is 6.26 Å². The Morgan fingerprint density at radius 1 is 1.12 bits per heavy atom. The first-order chi connectivity index (χ1) is 12.8. The topological polar surface area (TPSA) is 68.2 Å². The summed E-state index contributed by atoms with van der Waals surface area (Å²) < 4.78 is 7.26. The van der Waals surface area contributed by atoms with E-state index in [9.17, 15) is 0 Å². The van der Waals surface area contributed by atoms with Crippen molar-refractivity contribution in [3.8, 4) is 11.6 Å². The SMILES string of the molecule is Cc1ccc(CNc2c3c(nc4nc(-c5ccco5)nn24)CCC3)cc1. The van der Waals surface area contributed by atoms with Gasteiger partial charge < -0.3 is 9.73 Å². The molecule has 3 heterocycles. The van der Waals surface area contributed by atoms with Gasteiger partial charge in [0.2, 0.25) is 5.82 Å². The van der Waals surface area contributed by atoms with Crippen molar-refractivity contribution in [2.75, 3.05) is 5.32 Å². The predicted octanol–water partition coefficient (Wildman–Crippen LogP) is 3.79. The number of anilines is 1. The Hall–Kier alpha value is -3.15. The fourth-order valence-corrected chi connectivity index (χ4v) is 3.46. The number of nitrogens with zero attached hydrogens (tertiary/aromatic N) is 4. The number of nitrogens with one attached hydrogen (secondary N) is 1. The summed E-state index contributed by atoms with van der Waals surface area (Å²) in [5.74, 6) is 2.82. The molecule has 0 fully saturated rings. The number of aromatic nitrogens is 4. The van der Waals surface area contributed by atoms with Crippen LogP contribution in [0.1, 0.15) is 28.8 Å². The Balaban J connectivity index is 1.56. The molecule has 6 heteroatoms. The quantitative estimate of drug-likeness (QED) is 0.609. The van der Waals surface area contributed by atoms with Gasteiger partial charge in [-0.2, -0.15) is 9.50 Å². The summed E-state index contributed by atoms with van der Waals surface area (Å²) in [6.07, 6.45) is 4.77. The van der Waals surface area contributed by atoms with Crippen LogP contribution >= 0.6 is 0 Å². The van der Waals surface area contributed by atoms with Gasteiger partial charge in [-0.25, -0.2) is 4.98 Å². The van der Waals surface area contributed by atoms with Gasteiger partial charge in [0.05, 0.1) is 12.0 Å². The van der Waals surface area contributed by atoms with E-state index in [2.05, 4.69) is 46.6 Å². The molecular weight excluding hydrogens is 326 g/mol. The van der Waals surface area contributed by atoms with Crippen LogP contribution in [0.5, 0.6) is 0 Å². The Morgan fingerprint density at radius 2 is 2.00 bits per heavy atom. The van der Waals surface area contributed by atoms with E-state index < -0.39 is 0 Å². The van der Waals surface area contributed by atoms with E-state index in [-0.39, 0.29) is 0 Å². The summed E-state index contributed by atoms with van der Waals surface area (Å²) in [7, 11) is 0. The predicted molar refractivity (Wildman–Crippen MR) is 99.0 cm³/mol. The van der Waals surface area contributed by atoms with Gasteiger partial charge in [0.15, 0.2) is 5.76 Å². The van der Waals surface area contributed by atoms with Crippen LogP contribution < -0.4 is 5.32 Å². The maximum Gasteiger partial charge on any atom is 0.255 e. The van der Waals surface area contributed by atoms with Crippen LogP contribution in [0.4, 0.5) is 5.82 Å². The molecule has 1 N–H and O–H groups in total. The minimum Gasteiger partial charge on any atom is -0.461 e. The number of hydrogen-bond acceptors (Lipinski definition) is 5. The zero-order valence-corrected chi connectivity index (χ0v) is 14.6. The molecule has 1 aliphatic carbocycles. The Bertz CT molecular complexity index is 1060. The molecule has 26 heavy (non-hydrogen) atoms. The number of benzene rings is 1. The largest absolute Gasteiger partial charge is 0.461 e. The second-order valence-corrected chi connectivity index (χ2v) is 6.70. The van der Waals surface area contributed by atoms with Crippen molar-refractivity contribution in [3.63, 3.8) is 0 Å². The maximum absolute atomic E-state index is 5.44. The molecule has 0 unspecified atom stereocenters. The molecule has 1 aliphatic rings. The molecule has 0 radical (unpaired) electrons. The molecule has 0 amide bonds. The van der Waals surface area contributed by atoms with E-state index in [4.69, 9.17) is 9.40 Å². The van der Waals surface area contributed by atoms with Crippen LogP contribution in [-0.2, 0) is 19.4 Å². The Morgan fingerprint density at radius 3 is 2.81 bits per heavy atom. The highest BCUT2D eigenvalue weighted by Crippen LogP contribution is 2.29. The molecule has 0 atom stereocenters. The second kappa shape index (κ2) is 5.98. The maximum atomic E-state index is 5.44. The molecule has 6 nitrogen and oxygen atoms in total. The number of hydrogen-bond donors (Lipinski definition) is 1. The number of aryl methyl sites for hydroxylation is 2. The van der Waals surface area contributed by atoms with Gasteiger partial charge in [-0.15, -0.1) is 5.10 Å². The van der Waals surface area contributed by atoms with E-state index in [0.717, 1.165) is 37.3 Å². The molecule has 0 bridgehead atoms. The summed E-state index contributed by atoms with van der Waals surface area (Å²) in [5, 5.41) is 8.22. The van der Waals surface area contributed by atoms with E-state index in [0.29, 0.717) is 17.4 Å². The van der Waals surface area contributed by atoms with Crippen LogP contribution in [0, 0.1) is 6.92 Å². The lowest BCUT2D eigenvalue weighted by Gasteiger charge is -2.12. The highest BCUT2D eigenvalue weighted by Gasteiger charge is 2.22. The molecule has 0 spiro atoms. The molecule has 5 rings (SSSR count). The molecule has 1 aromatic carbocycles. The Kier molecular flexibility index (Phi) is 3.48. The summed E-state index contributed by atoms with van der Waals surface area (Å²) in [6, 6.07) is 12.3. The molecule has 0 saturated heterocycles. The summed E-state index contributed by atoms with van der Waals surface area (Å²) in [4.78, 5) is 9.29. The third kappa shape index (κ3) is 2.54. The molecule has 130 valence electrons. The van der Waals surface area contributed by atoms with Gasteiger partial charge in [0.25, 0.3) is 5.78 Å². The van der Waals surface area contributed by atoms with Gasteiger partial charge in [-0.3, -0.25) is 0 Å². The van der Waals surface area contributed by atoms with Crippen LogP contribution in [0.3, 0.4) is 0 Å². The smallest absolute Gasteiger partial charge is 0.255 e. The van der Waals surface area contributed by atoms with Crippen molar-refractivity contribution in [1.82, 2.24) is 19.6 Å². The van der Waals surface area contributed by atoms with Crippen molar-refractivity contribution in [2.45, 2.75) is 32.7 Å². The first kappa shape index (κ1) is 15.1. The van der Waals surface area contributed by atoms with Gasteiger partial charge in [0.1, 0.15) is 5.82 Å². The first-order valence-corrected chi connectivity index (χ1v) is 8.90. The second-order valence-electron chi connectivity index (χ2n) is 6.70. The van der Waals surface area contributed by atoms with Crippen molar-refractivity contribution in [3.05, 3.63) is 65.0 Å². The third-order valence-corrected chi connectivity index (χ3v) is 4.83. The fourth-order valence-electron chi connectivity index (χ4n) is 3.46. The number of fused-ring (bicyclic) bond motifs is 2. The normalized spacial score (nSPS) is 13.3. The zero-order valence-electron chi connectivity index (χ0n) is 14.6. The Labute approximate surface area is 150 Å². The van der Waals surface area contributed by atoms with Crippen LogP contribution in [0.2, 0.25) is 0 Å². The van der Waals surface area contributed by atoms with E-state index in [1.165, 1.54) is 16.7 Å². The van der Waals surface area contributed by atoms with Crippen molar-refractivity contribution >= 4 is 11.6 Å². The zero-order chi connectivity index (χ0) is 17.5. The van der Waals surface area contributed by atoms with Crippen LogP contribution in [0.25, 0.3) is 17.4 Å². The van der Waals surface area contributed by atoms with Gasteiger partial charge in [-0.1, -0.05) is 29.8 Å². The van der Waals surface area contributed by atoms with E-state index >= 15 is 0 Å². The molecular formula is C20H19N5O. The first-order valence-electron chi connectivity index (χ1n) is 8.90. The summed E-state index contributed by atoms with van der Waals surface area (Å²) in [6.45, 7) is 2.84. The third-order valence-electron chi connectivity index (χ3n) is 4.83. The average molecular weight is 345 g/mol. The van der Waals surface area contributed by atoms with Gasteiger partial charge >= 0.3 is 0 Å². The molecule has 0 aliphatic heterocycles. The van der Waals surface area contributed by atoms with Crippen molar-refractivity contribution in [2.24, 2.45) is 0 Å². The highest BCUT2D eigenvalue weighted by atomic mass is 16.3. The number of rotatable bonds is 4. The van der Waals surface area contributed by atoms with Crippen molar-refractivity contribution in [1.29, 1.82) is 0 Å². The van der Waals surface area contributed by atoms with Crippen molar-refractivity contribution < 1.29 is 4.42 Å². The standard InChI is InChI=1S/C20H19N5O/c1-13-7-9-14(10-8-13)12-21-19-15-4-2-5-16(15)22-20-23-18(24-25(19)20)17-6-3-11-26-17/h3,6-11,21H,2,4-5,12H2,1H3. The molecule has 0 saturated carbocycles. The monoisotopic (exact) mass is 345 g/mol. The van der Waals surface area contributed by atoms with Crippen LogP contribution in [-0.4, -0.2) is 19.6 Å². The molecule has 3 aromatic heterocycles. The summed E-state index contributed by atoms with van der Waals surface area (Å²) in [5.41, 5.74) is 4.88. The lowest BCUT2D eigenvalue weighted by Crippen LogP contribution is -2.10. The summed E-state index contributed by atoms with van der Waals surface area (Å²) >= 11 is 0. The molecule has 4 aromatic rings. The average Bonchev–Trinajstić information content (AvgIpc) is 3.39. The minimum atomic E-state index is 0.560. The minimum absolute atomic E-state index is 0.560.